The van der Waals surface area contributed by atoms with Gasteiger partial charge in [0.25, 0.3) is 0 Å². The van der Waals surface area contributed by atoms with Gasteiger partial charge in [0.15, 0.2) is 5.96 Å². The minimum Gasteiger partial charge on any atom is -0.466 e. The number of alkyl halides is 3. The largest absolute Gasteiger partial charge is 0.466 e. The Morgan fingerprint density at radius 1 is 1.39 bits per heavy atom. The van der Waals surface area contributed by atoms with Crippen LogP contribution in [0, 0.1) is 5.92 Å². The van der Waals surface area contributed by atoms with Crippen LogP contribution in [0.2, 0.25) is 0 Å². The number of hydrogen-bond donors (Lipinski definition) is 1. The third kappa shape index (κ3) is 8.61. The Morgan fingerprint density at radius 3 is 2.65 bits per heavy atom. The average molecular weight is 451 g/mol. The highest BCUT2D eigenvalue weighted by molar-refractivity contribution is 14.0. The van der Waals surface area contributed by atoms with Crippen LogP contribution in [0.1, 0.15) is 33.1 Å². The topological polar surface area (TPSA) is 53.9 Å². The summed E-state index contributed by atoms with van der Waals surface area (Å²) in [5, 5.41) is 2.99. The molecule has 1 aliphatic heterocycles. The van der Waals surface area contributed by atoms with Crippen molar-refractivity contribution in [3.63, 3.8) is 0 Å². The maximum absolute atomic E-state index is 12.2. The number of piperidine rings is 1. The van der Waals surface area contributed by atoms with Crippen molar-refractivity contribution in [1.82, 2.24) is 10.2 Å². The van der Waals surface area contributed by atoms with Crippen LogP contribution in [0.4, 0.5) is 13.2 Å². The summed E-state index contributed by atoms with van der Waals surface area (Å²) in [6.07, 6.45) is -3.64. The van der Waals surface area contributed by atoms with Crippen LogP contribution in [0.3, 0.4) is 0 Å². The van der Waals surface area contributed by atoms with Crippen LogP contribution >= 0.6 is 24.0 Å². The molecule has 1 heterocycles. The fraction of sp³-hybridized carbons (Fsp3) is 0.857. The van der Waals surface area contributed by atoms with Gasteiger partial charge in [0.05, 0.1) is 25.5 Å². The van der Waals surface area contributed by atoms with E-state index in [1.54, 1.807) is 6.92 Å². The Hall–Kier alpha value is -0.740. The third-order valence-electron chi connectivity index (χ3n) is 3.33. The monoisotopic (exact) mass is 451 g/mol. The van der Waals surface area contributed by atoms with E-state index in [1.807, 2.05) is 11.8 Å². The first-order valence-electron chi connectivity index (χ1n) is 7.64. The highest BCUT2D eigenvalue weighted by Crippen LogP contribution is 2.20. The van der Waals surface area contributed by atoms with Crippen LogP contribution < -0.4 is 5.32 Å². The number of ether oxygens (including phenoxy) is 1. The standard InChI is InChI=1S/C14H24F3N3O2.HI/c1-3-18-13(19-8-7-14(15,16)17)20-9-5-6-11(10-20)12(21)22-4-2;/h11H,3-10H2,1-2H3,(H,18,19);1H/t11-;/m0./s1. The number of guanidine groups is 1. The molecule has 0 amide bonds. The number of nitrogens with zero attached hydrogens (tertiary/aromatic N) is 2. The predicted molar refractivity (Wildman–Crippen MR) is 93.0 cm³/mol. The Balaban J connectivity index is 0.00000484. The summed E-state index contributed by atoms with van der Waals surface area (Å²) in [5.74, 6) is -0.0701. The second-order valence-electron chi connectivity index (χ2n) is 5.14. The molecule has 1 atom stereocenters. The number of carbonyl (C=O) groups excluding carboxylic acids is 1. The summed E-state index contributed by atoms with van der Waals surface area (Å²) in [4.78, 5) is 17.7. The molecule has 0 aromatic heterocycles. The van der Waals surface area contributed by atoms with Crippen molar-refractivity contribution in [2.24, 2.45) is 10.9 Å². The number of aliphatic imine (C=N–C) groups is 1. The van der Waals surface area contributed by atoms with Gasteiger partial charge in [-0.05, 0) is 26.7 Å². The van der Waals surface area contributed by atoms with Gasteiger partial charge in [0, 0.05) is 19.6 Å². The zero-order valence-corrected chi connectivity index (χ0v) is 15.8. The van der Waals surface area contributed by atoms with Gasteiger partial charge in [-0.2, -0.15) is 13.2 Å². The summed E-state index contributed by atoms with van der Waals surface area (Å²) >= 11 is 0. The SMILES string of the molecule is CCNC(=NCCC(F)(F)F)N1CCC[C@H](C(=O)OCC)C1.I. The van der Waals surface area contributed by atoms with Crippen LogP contribution in [0.25, 0.3) is 0 Å². The highest BCUT2D eigenvalue weighted by Gasteiger charge is 2.29. The van der Waals surface area contributed by atoms with Gasteiger partial charge in [0.2, 0.25) is 0 Å². The summed E-state index contributed by atoms with van der Waals surface area (Å²) in [7, 11) is 0. The van der Waals surface area contributed by atoms with Crippen LogP contribution in [-0.4, -0.2) is 55.8 Å². The maximum Gasteiger partial charge on any atom is 0.390 e. The number of carbonyl (C=O) groups is 1. The van der Waals surface area contributed by atoms with E-state index in [2.05, 4.69) is 10.3 Å². The molecule has 1 fully saturated rings. The van der Waals surface area contributed by atoms with E-state index in [1.165, 1.54) is 0 Å². The number of likely N-dealkylation sites (tertiary alicyclic amines) is 1. The van der Waals surface area contributed by atoms with E-state index < -0.39 is 12.6 Å². The molecular formula is C14H25F3IN3O2. The van der Waals surface area contributed by atoms with Crippen LogP contribution in [-0.2, 0) is 9.53 Å². The van der Waals surface area contributed by atoms with Crippen LogP contribution in [0.5, 0.6) is 0 Å². The molecule has 0 saturated carbocycles. The lowest BCUT2D eigenvalue weighted by atomic mass is 9.98. The molecule has 1 rings (SSSR count). The summed E-state index contributed by atoms with van der Waals surface area (Å²) < 4.78 is 41.7. The Bertz CT molecular complexity index is 392. The van der Waals surface area contributed by atoms with E-state index in [-0.39, 0.29) is 42.4 Å². The lowest BCUT2D eigenvalue weighted by Crippen LogP contribution is -2.48. The molecule has 1 N–H and O–H groups in total. The van der Waals surface area contributed by atoms with Crippen molar-refractivity contribution in [1.29, 1.82) is 0 Å². The molecule has 0 aliphatic carbocycles. The van der Waals surface area contributed by atoms with Crippen molar-refractivity contribution in [2.75, 3.05) is 32.8 Å². The number of hydrogen-bond acceptors (Lipinski definition) is 3. The zero-order chi connectivity index (χ0) is 16.6. The van der Waals surface area contributed by atoms with E-state index in [9.17, 15) is 18.0 Å². The van der Waals surface area contributed by atoms with Crippen molar-refractivity contribution < 1.29 is 22.7 Å². The molecule has 0 aromatic carbocycles. The van der Waals surface area contributed by atoms with Gasteiger partial charge in [0.1, 0.15) is 0 Å². The third-order valence-corrected chi connectivity index (χ3v) is 3.33. The van der Waals surface area contributed by atoms with Crippen LogP contribution in [0.15, 0.2) is 4.99 Å². The Kier molecular flexibility index (Phi) is 10.6. The summed E-state index contributed by atoms with van der Waals surface area (Å²) in [6, 6.07) is 0. The fourth-order valence-electron chi connectivity index (χ4n) is 2.34. The molecule has 1 saturated heterocycles. The first kappa shape index (κ1) is 22.3. The smallest absolute Gasteiger partial charge is 0.390 e. The van der Waals surface area contributed by atoms with Gasteiger partial charge in [-0.25, -0.2) is 0 Å². The lowest BCUT2D eigenvalue weighted by molar-refractivity contribution is -0.149. The Morgan fingerprint density at radius 2 is 2.09 bits per heavy atom. The molecule has 136 valence electrons. The molecule has 9 heteroatoms. The molecule has 0 bridgehead atoms. The molecular weight excluding hydrogens is 426 g/mol. The highest BCUT2D eigenvalue weighted by atomic mass is 127. The first-order valence-corrected chi connectivity index (χ1v) is 7.64. The second-order valence-corrected chi connectivity index (χ2v) is 5.14. The van der Waals surface area contributed by atoms with Crippen molar-refractivity contribution in [3.8, 4) is 0 Å². The van der Waals surface area contributed by atoms with Gasteiger partial charge < -0.3 is 15.0 Å². The molecule has 23 heavy (non-hydrogen) atoms. The lowest BCUT2D eigenvalue weighted by Gasteiger charge is -2.34. The molecule has 0 spiro atoms. The van der Waals surface area contributed by atoms with Gasteiger partial charge in [-0.1, -0.05) is 0 Å². The average Bonchev–Trinajstić information content (AvgIpc) is 2.45. The van der Waals surface area contributed by atoms with Crippen molar-refractivity contribution in [2.45, 2.75) is 39.3 Å². The summed E-state index contributed by atoms with van der Waals surface area (Å²) in [5.41, 5.74) is 0. The number of halogens is 4. The number of esters is 1. The normalized spacial score (nSPS) is 19.1. The number of nitrogens with one attached hydrogen (secondary N) is 1. The first-order chi connectivity index (χ1) is 10.4. The maximum atomic E-state index is 12.2. The molecule has 0 unspecified atom stereocenters. The van der Waals surface area contributed by atoms with E-state index >= 15 is 0 Å². The predicted octanol–water partition coefficient (Wildman–Crippen LogP) is 2.80. The minimum atomic E-state index is -4.21. The van der Waals surface area contributed by atoms with E-state index in [0.29, 0.717) is 32.2 Å². The molecule has 0 aromatic rings. The molecule has 0 radical (unpaired) electrons. The molecule has 5 nitrogen and oxygen atoms in total. The van der Waals surface area contributed by atoms with E-state index in [4.69, 9.17) is 4.74 Å². The van der Waals surface area contributed by atoms with Crippen molar-refractivity contribution >= 4 is 35.9 Å². The number of rotatable bonds is 5. The van der Waals surface area contributed by atoms with E-state index in [0.717, 1.165) is 12.8 Å². The quantitative estimate of drug-likeness (QED) is 0.303. The molecule has 1 aliphatic rings. The van der Waals surface area contributed by atoms with Crippen molar-refractivity contribution in [3.05, 3.63) is 0 Å². The minimum absolute atomic E-state index is 0. The van der Waals surface area contributed by atoms with Gasteiger partial charge in [-0.3, -0.25) is 9.79 Å². The summed E-state index contributed by atoms with van der Waals surface area (Å²) in [6.45, 7) is 5.28. The van der Waals surface area contributed by atoms with Gasteiger partial charge >= 0.3 is 12.1 Å². The Labute approximate surface area is 152 Å². The zero-order valence-electron chi connectivity index (χ0n) is 13.5. The van der Waals surface area contributed by atoms with Gasteiger partial charge in [-0.15, -0.1) is 24.0 Å². The fourth-order valence-corrected chi connectivity index (χ4v) is 2.34. The second kappa shape index (κ2) is 10.9.